The zero-order valence-corrected chi connectivity index (χ0v) is 22.8. The van der Waals surface area contributed by atoms with Gasteiger partial charge < -0.3 is 9.88 Å². The third-order valence-corrected chi connectivity index (χ3v) is 10.3. The summed E-state index contributed by atoms with van der Waals surface area (Å²) >= 11 is 10.6. The van der Waals surface area contributed by atoms with Crippen LogP contribution in [0.1, 0.15) is 45.4 Å². The van der Waals surface area contributed by atoms with Crippen molar-refractivity contribution < 1.29 is 0 Å². The van der Waals surface area contributed by atoms with Gasteiger partial charge in [0.15, 0.2) is 0 Å². The summed E-state index contributed by atoms with van der Waals surface area (Å²) in [6.45, 7) is 2.35. The van der Waals surface area contributed by atoms with Gasteiger partial charge in [0.1, 0.15) is 5.52 Å². The predicted molar refractivity (Wildman–Crippen MR) is 148 cm³/mol. The molecule has 0 spiro atoms. The van der Waals surface area contributed by atoms with Gasteiger partial charge in [-0.3, -0.25) is 8.77 Å². The highest BCUT2D eigenvalue weighted by Gasteiger charge is 2.41. The molecule has 1 N–H and O–H groups in total. The maximum atomic E-state index is 12.9. The van der Waals surface area contributed by atoms with Gasteiger partial charge in [0.05, 0.1) is 4.21 Å². The van der Waals surface area contributed by atoms with Crippen LogP contribution >= 0.6 is 53.7 Å². The van der Waals surface area contributed by atoms with Crippen molar-refractivity contribution in [2.75, 3.05) is 5.32 Å². The lowest BCUT2D eigenvalue weighted by atomic mass is 9.87. The highest BCUT2D eigenvalue weighted by molar-refractivity contribution is 14.2. The van der Waals surface area contributed by atoms with Gasteiger partial charge in [0.2, 0.25) is 0 Å². The van der Waals surface area contributed by atoms with Gasteiger partial charge in [0, 0.05) is 82.9 Å². The van der Waals surface area contributed by atoms with Crippen LogP contribution in [0.3, 0.4) is 0 Å². The van der Waals surface area contributed by atoms with Crippen molar-refractivity contribution >= 4 is 70.3 Å². The molecule has 170 valence electrons. The summed E-state index contributed by atoms with van der Waals surface area (Å²) in [6.07, 6.45) is 11.0. The van der Waals surface area contributed by atoms with E-state index < -0.39 is 0 Å². The predicted octanol–water partition coefficient (Wildman–Crippen LogP) is 7.66. The van der Waals surface area contributed by atoms with Gasteiger partial charge in [-0.25, -0.2) is 0 Å². The number of fused-ring (bicyclic) bond motifs is 1. The molecule has 32 heavy (non-hydrogen) atoms. The number of benzene rings is 1. The van der Waals surface area contributed by atoms with E-state index >= 15 is 0 Å². The number of aryl methyl sites for hydroxylation is 1. The zero-order chi connectivity index (χ0) is 22.5. The number of halogens is 2. The summed E-state index contributed by atoms with van der Waals surface area (Å²) in [5, 5.41) is 4.84. The Labute approximate surface area is 214 Å². The molecule has 0 amide bonds. The summed E-state index contributed by atoms with van der Waals surface area (Å²) in [6, 6.07) is 9.21. The quantitative estimate of drug-likeness (QED) is 0.233. The molecule has 1 aromatic carbocycles. The Morgan fingerprint density at radius 2 is 1.91 bits per heavy atom. The first-order valence-electron chi connectivity index (χ1n) is 11.2. The molecule has 2 aliphatic carbocycles. The summed E-state index contributed by atoms with van der Waals surface area (Å²) < 4.78 is 3.51. The Morgan fingerprint density at radius 3 is 2.59 bits per heavy atom. The van der Waals surface area contributed by atoms with Crippen molar-refractivity contribution in [3.8, 4) is 11.1 Å². The van der Waals surface area contributed by atoms with E-state index in [9.17, 15) is 4.79 Å². The van der Waals surface area contributed by atoms with Crippen molar-refractivity contribution in [1.29, 1.82) is 0 Å². The maximum absolute atomic E-state index is 12.9. The SMILES string of the molecule is CC1CCC(Nc2ccc(SC3(Cl)CC3)cc2-c2cn(C)c(=O)c3c2ccn3SI)CC1. The van der Waals surface area contributed by atoms with Crippen molar-refractivity contribution in [2.45, 2.75) is 60.6 Å². The van der Waals surface area contributed by atoms with E-state index in [2.05, 4.69) is 57.7 Å². The van der Waals surface area contributed by atoms with Crippen LogP contribution < -0.4 is 10.9 Å². The Morgan fingerprint density at radius 1 is 1.16 bits per heavy atom. The number of anilines is 1. The van der Waals surface area contributed by atoms with Crippen LogP contribution in [0, 0.1) is 5.92 Å². The second-order valence-corrected chi connectivity index (χ2v) is 13.3. The third kappa shape index (κ3) is 4.59. The highest BCUT2D eigenvalue weighted by Crippen LogP contribution is 2.55. The van der Waals surface area contributed by atoms with Crippen LogP contribution in [-0.2, 0) is 7.05 Å². The molecular weight excluding hydrogens is 573 g/mol. The molecule has 5 rings (SSSR count). The number of thioether (sulfide) groups is 1. The second-order valence-electron chi connectivity index (χ2n) is 9.23. The van der Waals surface area contributed by atoms with E-state index in [4.69, 9.17) is 11.6 Å². The van der Waals surface area contributed by atoms with E-state index in [1.807, 2.05) is 23.4 Å². The van der Waals surface area contributed by atoms with Crippen LogP contribution in [0.25, 0.3) is 22.0 Å². The molecule has 0 radical (unpaired) electrons. The molecule has 0 saturated heterocycles. The molecule has 0 bridgehead atoms. The van der Waals surface area contributed by atoms with Crippen LogP contribution in [0.2, 0.25) is 0 Å². The molecule has 2 heterocycles. The molecule has 2 fully saturated rings. The Balaban J connectivity index is 1.62. The molecule has 8 heteroatoms. The minimum Gasteiger partial charge on any atom is -0.382 e. The topological polar surface area (TPSA) is 39.0 Å². The summed E-state index contributed by atoms with van der Waals surface area (Å²) in [5.41, 5.74) is 4.13. The fourth-order valence-electron chi connectivity index (χ4n) is 4.57. The molecule has 0 unspecified atom stereocenters. The molecular formula is C24H27ClIN3OS2. The normalized spacial score (nSPS) is 22.2. The minimum atomic E-state index is -0.147. The van der Waals surface area contributed by atoms with Crippen molar-refractivity contribution in [3.05, 3.63) is 47.0 Å². The fraction of sp³-hybridized carbons (Fsp3) is 0.458. The Kier molecular flexibility index (Phi) is 6.55. The average molecular weight is 600 g/mol. The van der Waals surface area contributed by atoms with Crippen LogP contribution in [0.5, 0.6) is 0 Å². The number of hydrogen-bond acceptors (Lipinski definition) is 4. The second kappa shape index (κ2) is 9.12. The number of pyridine rings is 1. The average Bonchev–Trinajstić information content (AvgIpc) is 3.34. The number of aromatic nitrogens is 2. The molecule has 2 aromatic heterocycles. The van der Waals surface area contributed by atoms with E-state index in [0.29, 0.717) is 6.04 Å². The zero-order valence-electron chi connectivity index (χ0n) is 18.2. The smallest absolute Gasteiger partial charge is 0.275 e. The fourth-order valence-corrected chi connectivity index (χ4v) is 7.31. The van der Waals surface area contributed by atoms with Gasteiger partial charge >= 0.3 is 0 Å². The molecule has 2 saturated carbocycles. The first kappa shape index (κ1) is 23.0. The number of nitrogens with one attached hydrogen (secondary N) is 1. The van der Waals surface area contributed by atoms with Gasteiger partial charge in [-0.05, 0) is 68.7 Å². The van der Waals surface area contributed by atoms with Gasteiger partial charge in [-0.2, -0.15) is 0 Å². The Hall–Kier alpha value is -0.770. The number of alkyl halides is 1. The minimum absolute atomic E-state index is 0.0249. The van der Waals surface area contributed by atoms with Crippen LogP contribution in [0.4, 0.5) is 5.69 Å². The molecule has 0 aliphatic heterocycles. The first-order chi connectivity index (χ1) is 15.4. The summed E-state index contributed by atoms with van der Waals surface area (Å²) in [7, 11) is 3.36. The van der Waals surface area contributed by atoms with Crippen molar-refractivity contribution in [1.82, 2.24) is 8.54 Å². The van der Waals surface area contributed by atoms with Gasteiger partial charge in [0.25, 0.3) is 5.56 Å². The lowest BCUT2D eigenvalue weighted by molar-refractivity contribution is 0.361. The molecule has 4 nitrogen and oxygen atoms in total. The molecule has 2 aliphatic rings. The number of hydrogen-bond donors (Lipinski definition) is 1. The summed E-state index contributed by atoms with van der Waals surface area (Å²) in [5.74, 6) is 0.818. The third-order valence-electron chi connectivity index (χ3n) is 6.66. The Bertz CT molecular complexity index is 1210. The van der Waals surface area contributed by atoms with Gasteiger partial charge in [-0.15, -0.1) is 23.4 Å². The number of rotatable bonds is 6. The van der Waals surface area contributed by atoms with Gasteiger partial charge in [-0.1, -0.05) is 6.92 Å². The number of nitrogens with zero attached hydrogens (tertiary/aromatic N) is 2. The van der Waals surface area contributed by atoms with E-state index in [0.717, 1.165) is 46.5 Å². The first-order valence-corrected chi connectivity index (χ1v) is 15.7. The maximum Gasteiger partial charge on any atom is 0.275 e. The lowest BCUT2D eigenvalue weighted by Crippen LogP contribution is -2.25. The van der Waals surface area contributed by atoms with E-state index in [1.165, 1.54) is 39.7 Å². The highest BCUT2D eigenvalue weighted by atomic mass is 127. The molecule has 3 aromatic rings. The van der Waals surface area contributed by atoms with Crippen molar-refractivity contribution in [3.63, 3.8) is 0 Å². The largest absolute Gasteiger partial charge is 0.382 e. The lowest BCUT2D eigenvalue weighted by Gasteiger charge is -2.29. The summed E-state index contributed by atoms with van der Waals surface area (Å²) in [4.78, 5) is 14.1. The van der Waals surface area contributed by atoms with Crippen molar-refractivity contribution in [2.24, 2.45) is 13.0 Å². The monoisotopic (exact) mass is 599 g/mol. The van der Waals surface area contributed by atoms with E-state index in [1.54, 1.807) is 16.3 Å². The standard InChI is InChI=1S/C24H27ClIN3OS2/c1-15-3-5-16(6-4-15)27-21-8-7-17(31-24(25)10-11-24)13-19(21)20-14-28(2)23(30)22-18(20)9-12-29(22)32-26/h7-9,12-16,27H,3-6,10-11H2,1-2H3. The van der Waals surface area contributed by atoms with Crippen LogP contribution in [0.15, 0.2) is 46.3 Å². The van der Waals surface area contributed by atoms with E-state index in [-0.39, 0.29) is 9.77 Å². The molecule has 0 atom stereocenters. The van der Waals surface area contributed by atoms with Crippen LogP contribution in [-0.4, -0.2) is 18.8 Å².